The van der Waals surface area contributed by atoms with Gasteiger partial charge in [-0.15, -0.1) is 0 Å². The number of aromatic nitrogens is 1. The van der Waals surface area contributed by atoms with E-state index in [9.17, 15) is 5.11 Å². The number of nitrogens with zero attached hydrogens (tertiary/aromatic N) is 2. The molecule has 0 unspecified atom stereocenters. The molecule has 0 radical (unpaired) electrons. The van der Waals surface area contributed by atoms with Crippen LogP contribution in [-0.2, 0) is 0 Å². The molecule has 0 bridgehead atoms. The van der Waals surface area contributed by atoms with Crippen molar-refractivity contribution in [1.82, 2.24) is 4.98 Å². The van der Waals surface area contributed by atoms with Crippen LogP contribution in [0.4, 0.5) is 5.82 Å². The second-order valence-electron chi connectivity index (χ2n) is 6.37. The van der Waals surface area contributed by atoms with Crippen molar-refractivity contribution < 1.29 is 9.84 Å². The molecular weight excluding hydrogens is 290 g/mol. The molecular formula is C18H21N3O2. The summed E-state index contributed by atoms with van der Waals surface area (Å²) in [5, 5.41) is 10.7. The third-order valence-electron chi connectivity index (χ3n) is 3.78. The lowest BCUT2D eigenvalue weighted by Crippen LogP contribution is -2.21. The van der Waals surface area contributed by atoms with E-state index in [-0.39, 0.29) is 0 Å². The lowest BCUT2D eigenvalue weighted by molar-refractivity contribution is 0.0555. The van der Waals surface area contributed by atoms with Gasteiger partial charge < -0.3 is 15.6 Å². The summed E-state index contributed by atoms with van der Waals surface area (Å²) in [4.78, 5) is 8.61. The summed E-state index contributed by atoms with van der Waals surface area (Å²) >= 11 is 0. The highest BCUT2D eigenvalue weighted by atomic mass is 16.5. The predicted octanol–water partition coefficient (Wildman–Crippen LogP) is 2.82. The normalized spacial score (nSPS) is 14.3. The highest BCUT2D eigenvalue weighted by Gasteiger charge is 2.14. The van der Waals surface area contributed by atoms with Crippen LogP contribution in [0.1, 0.15) is 25.8 Å². The molecule has 2 heterocycles. The van der Waals surface area contributed by atoms with Crippen molar-refractivity contribution in [2.24, 2.45) is 4.99 Å². The predicted molar refractivity (Wildman–Crippen MR) is 93.9 cm³/mol. The van der Waals surface area contributed by atoms with Crippen LogP contribution in [0.15, 0.2) is 35.3 Å². The molecule has 0 spiro atoms. The van der Waals surface area contributed by atoms with Gasteiger partial charge >= 0.3 is 0 Å². The van der Waals surface area contributed by atoms with Gasteiger partial charge in [-0.1, -0.05) is 6.07 Å². The lowest BCUT2D eigenvalue weighted by atomic mass is 10.0. The Morgan fingerprint density at radius 2 is 2.13 bits per heavy atom. The van der Waals surface area contributed by atoms with Gasteiger partial charge in [0.05, 0.1) is 24.3 Å². The zero-order valence-electron chi connectivity index (χ0n) is 13.4. The fourth-order valence-electron chi connectivity index (χ4n) is 2.48. The van der Waals surface area contributed by atoms with Crippen molar-refractivity contribution in [2.75, 3.05) is 18.9 Å². The number of hydrogen-bond acceptors (Lipinski definition) is 5. The van der Waals surface area contributed by atoms with E-state index in [0.717, 1.165) is 16.5 Å². The van der Waals surface area contributed by atoms with Gasteiger partial charge in [0.2, 0.25) is 0 Å². The van der Waals surface area contributed by atoms with Crippen molar-refractivity contribution in [3.8, 4) is 5.75 Å². The van der Waals surface area contributed by atoms with Crippen molar-refractivity contribution in [3.05, 3.63) is 35.9 Å². The number of allylic oxidation sites excluding steroid dienone is 1. The SMILES string of the molecule is CC(C)(O)CCOc1cc(N)nc2cc(C3=CC=NC3)ccc12. The Balaban J connectivity index is 1.89. The molecule has 0 amide bonds. The number of aliphatic hydroxyl groups is 1. The quantitative estimate of drug-likeness (QED) is 0.889. The minimum Gasteiger partial charge on any atom is -0.493 e. The van der Waals surface area contributed by atoms with E-state index in [2.05, 4.69) is 9.98 Å². The number of rotatable bonds is 5. The Bertz CT molecular complexity index is 789. The molecule has 0 saturated carbocycles. The van der Waals surface area contributed by atoms with E-state index in [1.165, 1.54) is 5.57 Å². The van der Waals surface area contributed by atoms with Crippen molar-refractivity contribution >= 4 is 28.5 Å². The number of ether oxygens (including phenoxy) is 1. The van der Waals surface area contributed by atoms with Crippen molar-refractivity contribution in [3.63, 3.8) is 0 Å². The first kappa shape index (κ1) is 15.5. The summed E-state index contributed by atoms with van der Waals surface area (Å²) < 4.78 is 5.82. The van der Waals surface area contributed by atoms with E-state index in [1.54, 1.807) is 19.9 Å². The topological polar surface area (TPSA) is 80.7 Å². The number of anilines is 1. The Morgan fingerprint density at radius 1 is 1.30 bits per heavy atom. The third-order valence-corrected chi connectivity index (χ3v) is 3.78. The first-order valence-corrected chi connectivity index (χ1v) is 7.67. The van der Waals surface area contributed by atoms with Crippen LogP contribution >= 0.6 is 0 Å². The fourth-order valence-corrected chi connectivity index (χ4v) is 2.48. The summed E-state index contributed by atoms with van der Waals surface area (Å²) in [6, 6.07) is 7.78. The molecule has 5 nitrogen and oxygen atoms in total. The fraction of sp³-hybridized carbons (Fsp3) is 0.333. The van der Waals surface area contributed by atoms with Gasteiger partial charge in [0.1, 0.15) is 11.6 Å². The van der Waals surface area contributed by atoms with E-state index in [1.807, 2.05) is 30.5 Å². The molecule has 1 aromatic heterocycles. The number of aliphatic imine (C=N–C) groups is 1. The maximum atomic E-state index is 9.79. The summed E-state index contributed by atoms with van der Waals surface area (Å²) in [5.74, 6) is 1.12. The van der Waals surface area contributed by atoms with E-state index in [0.29, 0.717) is 31.1 Å². The molecule has 3 N–H and O–H groups in total. The maximum Gasteiger partial charge on any atom is 0.132 e. The first-order valence-electron chi connectivity index (χ1n) is 7.67. The zero-order valence-corrected chi connectivity index (χ0v) is 13.4. The third kappa shape index (κ3) is 3.68. The number of benzene rings is 1. The second-order valence-corrected chi connectivity index (χ2v) is 6.37. The number of hydrogen-bond donors (Lipinski definition) is 2. The summed E-state index contributed by atoms with van der Waals surface area (Å²) in [6.45, 7) is 4.64. The average Bonchev–Trinajstić information content (AvgIpc) is 2.99. The first-order chi connectivity index (χ1) is 10.9. The molecule has 0 atom stereocenters. The van der Waals surface area contributed by atoms with Crippen molar-refractivity contribution in [2.45, 2.75) is 25.9 Å². The summed E-state index contributed by atoms with van der Waals surface area (Å²) in [7, 11) is 0. The molecule has 5 heteroatoms. The number of nitrogen functional groups attached to an aromatic ring is 1. The molecule has 120 valence electrons. The molecule has 3 rings (SSSR count). The maximum absolute atomic E-state index is 9.79. The monoisotopic (exact) mass is 311 g/mol. The minimum absolute atomic E-state index is 0.419. The number of pyridine rings is 1. The van der Waals surface area contributed by atoms with Gasteiger partial charge in [-0.25, -0.2) is 4.98 Å². The van der Waals surface area contributed by atoms with E-state index in [4.69, 9.17) is 10.5 Å². The molecule has 0 aliphatic carbocycles. The summed E-state index contributed by atoms with van der Waals surface area (Å²) in [6.07, 6.45) is 4.37. The van der Waals surface area contributed by atoms with Gasteiger partial charge in [0.25, 0.3) is 0 Å². The number of nitrogens with two attached hydrogens (primary N) is 1. The van der Waals surface area contributed by atoms with Gasteiger partial charge in [-0.05, 0) is 43.2 Å². The molecule has 23 heavy (non-hydrogen) atoms. The molecule has 1 aliphatic rings. The van der Waals surface area contributed by atoms with E-state index >= 15 is 0 Å². The molecule has 0 saturated heterocycles. The minimum atomic E-state index is -0.753. The Kier molecular flexibility index (Phi) is 4.05. The molecule has 2 aromatic rings. The van der Waals surface area contributed by atoms with Crippen LogP contribution < -0.4 is 10.5 Å². The van der Waals surface area contributed by atoms with Crippen molar-refractivity contribution in [1.29, 1.82) is 0 Å². The Labute approximate surface area is 135 Å². The molecule has 1 aliphatic heterocycles. The average molecular weight is 311 g/mol. The second kappa shape index (κ2) is 6.01. The number of fused-ring (bicyclic) bond motifs is 1. The zero-order chi connectivity index (χ0) is 16.4. The summed E-state index contributed by atoms with van der Waals surface area (Å²) in [5.41, 5.74) is 8.21. The van der Waals surface area contributed by atoms with Crippen LogP contribution in [0.25, 0.3) is 16.5 Å². The van der Waals surface area contributed by atoms with Crippen LogP contribution in [0.2, 0.25) is 0 Å². The van der Waals surface area contributed by atoms with Gasteiger partial charge in [-0.2, -0.15) is 0 Å². The Hall–Kier alpha value is -2.40. The van der Waals surface area contributed by atoms with Crippen LogP contribution in [0, 0.1) is 0 Å². The lowest BCUT2D eigenvalue weighted by Gasteiger charge is -2.18. The highest BCUT2D eigenvalue weighted by molar-refractivity contribution is 5.94. The Morgan fingerprint density at radius 3 is 2.83 bits per heavy atom. The molecule has 1 aromatic carbocycles. The largest absolute Gasteiger partial charge is 0.493 e. The smallest absolute Gasteiger partial charge is 0.132 e. The molecule has 0 fully saturated rings. The van der Waals surface area contributed by atoms with Crippen LogP contribution in [0.5, 0.6) is 5.75 Å². The van der Waals surface area contributed by atoms with Gasteiger partial charge in [0, 0.05) is 24.1 Å². The van der Waals surface area contributed by atoms with Gasteiger partial charge in [-0.3, -0.25) is 4.99 Å². The van der Waals surface area contributed by atoms with Gasteiger partial charge in [0.15, 0.2) is 0 Å². The van der Waals surface area contributed by atoms with E-state index < -0.39 is 5.60 Å². The standard InChI is InChI=1S/C18H21N3O2/c1-18(2,22)6-8-23-16-10-17(19)21-15-9-12(3-4-14(15)16)13-5-7-20-11-13/h3-5,7,9-10,22H,6,8,11H2,1-2H3,(H2,19,21). The van der Waals surface area contributed by atoms with Crippen LogP contribution in [0.3, 0.4) is 0 Å². The highest BCUT2D eigenvalue weighted by Crippen LogP contribution is 2.30. The van der Waals surface area contributed by atoms with Crippen LogP contribution in [-0.4, -0.2) is 35.1 Å².